The molecule has 15 heteroatoms. The quantitative estimate of drug-likeness (QED) is 0.305. The molecule has 0 heterocycles. The summed E-state index contributed by atoms with van der Waals surface area (Å²) in [5.74, 6) is -0.853. The van der Waals surface area contributed by atoms with Crippen molar-refractivity contribution in [1.29, 1.82) is 0 Å². The number of azo groups is 1. The van der Waals surface area contributed by atoms with Crippen LogP contribution in [0.3, 0.4) is 0 Å². The fourth-order valence-electron chi connectivity index (χ4n) is 2.73. The molecule has 0 saturated carbocycles. The number of rotatable bonds is 5. The van der Waals surface area contributed by atoms with Gasteiger partial charge in [0.05, 0.1) is 10.6 Å². The van der Waals surface area contributed by atoms with Crippen LogP contribution in [0.1, 0.15) is 0 Å². The maximum Gasteiger partial charge on any atom is 0.298 e. The minimum Gasteiger partial charge on any atom is -0.505 e. The van der Waals surface area contributed by atoms with E-state index in [-0.39, 0.29) is 11.1 Å². The van der Waals surface area contributed by atoms with Crippen LogP contribution in [0.2, 0.25) is 0 Å². The SMILES string of the molecule is O=S(=O)(O)c1ccc(N=Nc2c(S(=O)(=O)O)c(S(=O)(=O)O)c3ccccc3c2O)cc1. The minimum atomic E-state index is -5.36. The van der Waals surface area contributed by atoms with E-state index in [1.807, 2.05) is 0 Å². The van der Waals surface area contributed by atoms with Gasteiger partial charge in [-0.1, -0.05) is 24.3 Å². The number of aromatic hydroxyl groups is 1. The Hall–Kier alpha value is -2.95. The van der Waals surface area contributed by atoms with Gasteiger partial charge in [0.15, 0.2) is 11.4 Å². The zero-order valence-electron chi connectivity index (χ0n) is 15.0. The summed E-state index contributed by atoms with van der Waals surface area (Å²) in [5.41, 5.74) is -1.07. The lowest BCUT2D eigenvalue weighted by Gasteiger charge is -2.13. The molecule has 0 bridgehead atoms. The first-order valence-electron chi connectivity index (χ1n) is 7.93. The Bertz CT molecular complexity index is 1540. The molecule has 3 rings (SSSR count). The van der Waals surface area contributed by atoms with Gasteiger partial charge in [-0.25, -0.2) is 0 Å². The van der Waals surface area contributed by atoms with E-state index in [2.05, 4.69) is 10.2 Å². The van der Waals surface area contributed by atoms with Crippen molar-refractivity contribution in [3.8, 4) is 5.75 Å². The van der Waals surface area contributed by atoms with Crippen LogP contribution in [0.5, 0.6) is 5.75 Å². The second-order valence-electron chi connectivity index (χ2n) is 6.02. The van der Waals surface area contributed by atoms with E-state index < -0.39 is 61.9 Å². The largest absolute Gasteiger partial charge is 0.505 e. The van der Waals surface area contributed by atoms with Crippen molar-refractivity contribution in [2.75, 3.05) is 0 Å². The first kappa shape index (κ1) is 22.7. The molecule has 3 aromatic carbocycles. The Morgan fingerprint density at radius 1 is 0.613 bits per heavy atom. The summed E-state index contributed by atoms with van der Waals surface area (Å²) in [5, 5.41) is 17.0. The third-order valence-electron chi connectivity index (χ3n) is 3.99. The van der Waals surface area contributed by atoms with Gasteiger partial charge in [-0.2, -0.15) is 30.4 Å². The summed E-state index contributed by atoms with van der Waals surface area (Å²) in [6.07, 6.45) is 0. The summed E-state index contributed by atoms with van der Waals surface area (Å²) in [6, 6.07) is 9.06. The highest BCUT2D eigenvalue weighted by molar-refractivity contribution is 7.89. The monoisotopic (exact) mass is 488 g/mol. The van der Waals surface area contributed by atoms with Gasteiger partial charge in [0.1, 0.15) is 9.79 Å². The van der Waals surface area contributed by atoms with Crippen molar-refractivity contribution in [2.24, 2.45) is 10.2 Å². The molecule has 0 aliphatic heterocycles. The van der Waals surface area contributed by atoms with Crippen LogP contribution < -0.4 is 0 Å². The van der Waals surface area contributed by atoms with Crippen LogP contribution in [0.4, 0.5) is 11.4 Å². The van der Waals surface area contributed by atoms with E-state index in [0.717, 1.165) is 30.3 Å². The van der Waals surface area contributed by atoms with Gasteiger partial charge in [-0.05, 0) is 24.3 Å². The maximum atomic E-state index is 12.0. The number of hydrogen-bond acceptors (Lipinski definition) is 9. The summed E-state index contributed by atoms with van der Waals surface area (Å²) >= 11 is 0. The summed E-state index contributed by atoms with van der Waals surface area (Å²) in [7, 11) is -15.1. The molecule has 0 radical (unpaired) electrons. The van der Waals surface area contributed by atoms with Gasteiger partial charge in [0.25, 0.3) is 30.4 Å². The average Bonchev–Trinajstić information content (AvgIpc) is 2.65. The van der Waals surface area contributed by atoms with Gasteiger partial charge in [0, 0.05) is 10.8 Å². The fourth-order valence-corrected chi connectivity index (χ4v) is 5.36. The second kappa shape index (κ2) is 7.63. The molecule has 12 nitrogen and oxygen atoms in total. The molecule has 0 atom stereocenters. The lowest BCUT2D eigenvalue weighted by molar-refractivity contribution is 0.461. The lowest BCUT2D eigenvalue weighted by Crippen LogP contribution is -2.10. The zero-order chi connectivity index (χ0) is 23.2. The number of hydrogen-bond donors (Lipinski definition) is 4. The van der Waals surface area contributed by atoms with Crippen molar-refractivity contribution in [1.82, 2.24) is 0 Å². The Labute approximate surface area is 175 Å². The van der Waals surface area contributed by atoms with Crippen molar-refractivity contribution in [3.63, 3.8) is 0 Å². The third-order valence-corrected chi connectivity index (χ3v) is 6.84. The van der Waals surface area contributed by atoms with E-state index in [0.29, 0.717) is 0 Å². The molecule has 0 fully saturated rings. The Morgan fingerprint density at radius 2 is 1.13 bits per heavy atom. The molecule has 0 spiro atoms. The van der Waals surface area contributed by atoms with E-state index in [9.17, 15) is 39.5 Å². The average molecular weight is 488 g/mol. The molecular formula is C16H12N2O10S3. The van der Waals surface area contributed by atoms with Crippen LogP contribution >= 0.6 is 0 Å². The standard InChI is InChI=1S/C16H12N2O10S3/c19-14-11-3-1-2-4-12(11)15(30(23,24)25)16(31(26,27)28)13(14)18-17-9-5-7-10(8-6-9)29(20,21)22/h1-8,19H,(H,20,21,22)(H,23,24,25)(H,26,27,28). The van der Waals surface area contributed by atoms with E-state index in [4.69, 9.17) is 4.55 Å². The first-order chi connectivity index (χ1) is 14.2. The molecule has 0 amide bonds. The molecule has 4 N–H and O–H groups in total. The van der Waals surface area contributed by atoms with E-state index in [1.165, 1.54) is 18.2 Å². The third kappa shape index (κ3) is 4.55. The van der Waals surface area contributed by atoms with E-state index >= 15 is 0 Å². The lowest BCUT2D eigenvalue weighted by atomic mass is 10.1. The Kier molecular flexibility index (Phi) is 5.59. The summed E-state index contributed by atoms with van der Waals surface area (Å²) in [6.45, 7) is 0. The van der Waals surface area contributed by atoms with E-state index in [1.54, 1.807) is 0 Å². The van der Waals surface area contributed by atoms with Crippen molar-refractivity contribution < 1.29 is 44.0 Å². The number of phenols is 1. The predicted octanol–water partition coefficient (Wildman–Crippen LogP) is 2.70. The van der Waals surface area contributed by atoms with Crippen LogP contribution in [0, 0.1) is 0 Å². The zero-order valence-corrected chi connectivity index (χ0v) is 17.4. The van der Waals surface area contributed by atoms with Gasteiger partial charge < -0.3 is 5.11 Å². The second-order valence-corrected chi connectivity index (χ2v) is 10.2. The molecule has 0 aliphatic carbocycles. The van der Waals surface area contributed by atoms with Gasteiger partial charge >= 0.3 is 0 Å². The molecule has 0 aliphatic rings. The minimum absolute atomic E-state index is 0.0883. The van der Waals surface area contributed by atoms with Gasteiger partial charge in [-0.3, -0.25) is 13.7 Å². The van der Waals surface area contributed by atoms with Crippen LogP contribution in [-0.4, -0.2) is 44.0 Å². The van der Waals surface area contributed by atoms with Crippen molar-refractivity contribution in [2.45, 2.75) is 14.7 Å². The molecule has 0 saturated heterocycles. The molecule has 164 valence electrons. The smallest absolute Gasteiger partial charge is 0.298 e. The van der Waals surface area contributed by atoms with Crippen molar-refractivity contribution >= 4 is 52.5 Å². The van der Waals surface area contributed by atoms with Gasteiger partial charge in [-0.15, -0.1) is 5.11 Å². The Morgan fingerprint density at radius 3 is 1.61 bits per heavy atom. The molecule has 0 aromatic heterocycles. The summed E-state index contributed by atoms with van der Waals surface area (Å²) < 4.78 is 98.1. The first-order valence-corrected chi connectivity index (χ1v) is 12.2. The topological polar surface area (TPSA) is 208 Å². The van der Waals surface area contributed by atoms with Crippen molar-refractivity contribution in [3.05, 3.63) is 48.5 Å². The number of fused-ring (bicyclic) bond motifs is 1. The van der Waals surface area contributed by atoms with Gasteiger partial charge in [0.2, 0.25) is 0 Å². The molecule has 3 aromatic rings. The predicted molar refractivity (Wildman–Crippen MR) is 106 cm³/mol. The number of benzene rings is 3. The van der Waals surface area contributed by atoms with Crippen LogP contribution in [0.25, 0.3) is 10.8 Å². The fraction of sp³-hybridized carbons (Fsp3) is 0. The normalized spacial score (nSPS) is 13.1. The number of nitrogens with zero attached hydrogens (tertiary/aromatic N) is 2. The van der Waals surface area contributed by atoms with Crippen LogP contribution in [-0.2, 0) is 30.4 Å². The highest BCUT2D eigenvalue weighted by atomic mass is 32.2. The number of phenolic OH excluding ortho intramolecular Hbond substituents is 1. The molecular weight excluding hydrogens is 476 g/mol. The molecule has 0 unspecified atom stereocenters. The molecule has 31 heavy (non-hydrogen) atoms. The highest BCUT2D eigenvalue weighted by Crippen LogP contribution is 2.45. The highest BCUT2D eigenvalue weighted by Gasteiger charge is 2.33. The maximum absolute atomic E-state index is 12.0. The van der Waals surface area contributed by atoms with Crippen LogP contribution in [0.15, 0.2) is 73.4 Å². The Balaban J connectivity index is 2.34. The summed E-state index contributed by atoms with van der Waals surface area (Å²) in [4.78, 5) is -3.07.